The lowest BCUT2D eigenvalue weighted by Gasteiger charge is -2.37. The summed E-state index contributed by atoms with van der Waals surface area (Å²) in [5.41, 5.74) is 4.11. The molecule has 2 aliphatic heterocycles. The van der Waals surface area contributed by atoms with Crippen LogP contribution >= 0.6 is 0 Å². The van der Waals surface area contributed by atoms with Gasteiger partial charge in [-0.05, 0) is 74.3 Å². The third-order valence-corrected chi connectivity index (χ3v) is 9.75. The Kier molecular flexibility index (Phi) is 10.3. The van der Waals surface area contributed by atoms with Gasteiger partial charge in [-0.2, -0.15) is 0 Å². The summed E-state index contributed by atoms with van der Waals surface area (Å²) in [4.78, 5) is 31.6. The monoisotopic (exact) mass is 590 g/mol. The summed E-state index contributed by atoms with van der Waals surface area (Å²) in [6.45, 7) is 6.15. The van der Waals surface area contributed by atoms with Crippen molar-refractivity contribution in [1.29, 1.82) is 0 Å². The van der Waals surface area contributed by atoms with E-state index < -0.39 is 23.9 Å². The Balaban J connectivity index is 1.27. The van der Waals surface area contributed by atoms with E-state index in [-0.39, 0.29) is 31.1 Å². The number of fused-ring (bicyclic) bond motifs is 1. The molecule has 2 aromatic rings. The lowest BCUT2D eigenvalue weighted by molar-refractivity contribution is -0.144. The van der Waals surface area contributed by atoms with Crippen LogP contribution in [0, 0.1) is 17.8 Å². The number of aliphatic hydroxyl groups is 3. The third-order valence-electron chi connectivity index (χ3n) is 9.75. The number of rotatable bonds is 12. The van der Waals surface area contributed by atoms with Crippen LogP contribution in [0.1, 0.15) is 75.9 Å². The standard InChI is InChI=1S/C35H46N2O6/c1-3-23(18-27-11-12-28(21-38)43-27)10-13-31(40)32-25(4-2)19-29-33(30(32)22-39)35(42)37(34(29)41)26-14-16-36(17-15-26)20-24-8-6-5-7-9-24/h5-9,11-12,18,26,29-31,33,38-40H,3-4,10,13-17,19-22H2,1-2H3/b23-18+/t29-,30+,31-,33-/m1/s1. The van der Waals surface area contributed by atoms with E-state index in [0.29, 0.717) is 37.2 Å². The number of hydrogen-bond acceptors (Lipinski definition) is 7. The van der Waals surface area contributed by atoms with E-state index in [1.807, 2.05) is 37.3 Å². The molecule has 3 N–H and O–H groups in total. The van der Waals surface area contributed by atoms with Crippen LogP contribution in [0.4, 0.5) is 0 Å². The van der Waals surface area contributed by atoms with Gasteiger partial charge in [0.1, 0.15) is 18.1 Å². The number of allylic oxidation sites excluding steroid dienone is 2. The number of likely N-dealkylation sites (tertiary alicyclic amines) is 2. The molecule has 0 unspecified atom stereocenters. The van der Waals surface area contributed by atoms with Crippen LogP contribution in [-0.2, 0) is 22.7 Å². The Morgan fingerprint density at radius 3 is 2.42 bits per heavy atom. The molecular formula is C35H46N2O6. The number of carbonyl (C=O) groups excluding carboxylic acids is 2. The Hall–Kier alpha value is -3.04. The quantitative estimate of drug-likeness (QED) is 0.243. The zero-order valence-electron chi connectivity index (χ0n) is 25.5. The molecule has 2 amide bonds. The van der Waals surface area contributed by atoms with Gasteiger partial charge in [0.25, 0.3) is 0 Å². The van der Waals surface area contributed by atoms with Crippen LogP contribution in [0.15, 0.2) is 63.6 Å². The van der Waals surface area contributed by atoms with Gasteiger partial charge in [-0.25, -0.2) is 0 Å². The second kappa shape index (κ2) is 14.2. The normalized spacial score (nSPS) is 24.6. The van der Waals surface area contributed by atoms with Crippen LogP contribution < -0.4 is 0 Å². The van der Waals surface area contributed by atoms with Gasteiger partial charge in [0.05, 0.1) is 24.5 Å². The predicted molar refractivity (Wildman–Crippen MR) is 164 cm³/mol. The Labute approximate surface area is 254 Å². The molecule has 0 saturated carbocycles. The lowest BCUT2D eigenvalue weighted by atomic mass is 9.67. The van der Waals surface area contributed by atoms with Gasteiger partial charge in [-0.15, -0.1) is 0 Å². The number of carbonyl (C=O) groups is 2. The highest BCUT2D eigenvalue weighted by Gasteiger charge is 2.56. The van der Waals surface area contributed by atoms with Crippen molar-refractivity contribution < 1.29 is 29.3 Å². The molecule has 0 bridgehead atoms. The average molecular weight is 591 g/mol. The molecule has 4 atom stereocenters. The molecule has 8 nitrogen and oxygen atoms in total. The Bertz CT molecular complexity index is 1320. The maximum Gasteiger partial charge on any atom is 0.234 e. The van der Waals surface area contributed by atoms with Gasteiger partial charge in [0.2, 0.25) is 11.8 Å². The average Bonchev–Trinajstić information content (AvgIpc) is 3.60. The molecule has 8 heteroatoms. The fraction of sp³-hybridized carbons (Fsp3) is 0.543. The maximum absolute atomic E-state index is 13.9. The molecule has 1 aromatic carbocycles. The minimum absolute atomic E-state index is 0.105. The summed E-state index contributed by atoms with van der Waals surface area (Å²) in [5.74, 6) is -0.768. The van der Waals surface area contributed by atoms with E-state index in [0.717, 1.165) is 55.6 Å². The van der Waals surface area contributed by atoms with Crippen LogP contribution in [0.3, 0.4) is 0 Å². The van der Waals surface area contributed by atoms with E-state index in [1.54, 1.807) is 6.07 Å². The van der Waals surface area contributed by atoms with Gasteiger partial charge >= 0.3 is 0 Å². The van der Waals surface area contributed by atoms with Gasteiger partial charge in [-0.3, -0.25) is 19.4 Å². The fourth-order valence-electron chi connectivity index (χ4n) is 7.45. The highest BCUT2D eigenvalue weighted by Crippen LogP contribution is 2.48. The van der Waals surface area contributed by atoms with E-state index in [1.165, 1.54) is 10.5 Å². The molecule has 0 radical (unpaired) electrons. The third kappa shape index (κ3) is 6.73. The molecule has 1 aliphatic carbocycles. The van der Waals surface area contributed by atoms with Crippen molar-refractivity contribution in [1.82, 2.24) is 9.80 Å². The SMILES string of the molecule is CCC1=C([C@H](O)CC/C(=C/c2ccc(CO)o2)CC)[C@H](CO)[C@@H]2C(=O)N(C3CCN(Cc4ccccc4)CC3)C(=O)[C@@H]2C1. The van der Waals surface area contributed by atoms with Gasteiger partial charge in [0.15, 0.2) is 0 Å². The van der Waals surface area contributed by atoms with Crippen LogP contribution in [-0.4, -0.2) is 68.8 Å². The summed E-state index contributed by atoms with van der Waals surface area (Å²) >= 11 is 0. The fourth-order valence-corrected chi connectivity index (χ4v) is 7.45. The lowest BCUT2D eigenvalue weighted by Crippen LogP contribution is -2.47. The van der Waals surface area contributed by atoms with Gasteiger partial charge in [0, 0.05) is 31.6 Å². The first-order chi connectivity index (χ1) is 20.9. The minimum atomic E-state index is -0.814. The molecule has 43 heavy (non-hydrogen) atoms. The van der Waals surface area contributed by atoms with Crippen LogP contribution in [0.5, 0.6) is 0 Å². The molecular weight excluding hydrogens is 544 g/mol. The number of benzene rings is 1. The van der Waals surface area contributed by atoms with Gasteiger partial charge < -0.3 is 19.7 Å². The van der Waals surface area contributed by atoms with Crippen molar-refractivity contribution in [2.75, 3.05) is 19.7 Å². The van der Waals surface area contributed by atoms with Crippen molar-refractivity contribution in [3.63, 3.8) is 0 Å². The summed E-state index contributed by atoms with van der Waals surface area (Å²) in [5, 5.41) is 31.4. The summed E-state index contributed by atoms with van der Waals surface area (Å²) in [7, 11) is 0. The highest BCUT2D eigenvalue weighted by molar-refractivity contribution is 6.06. The number of furan rings is 1. The first kappa shape index (κ1) is 31.4. The number of nitrogens with zero attached hydrogens (tertiary/aromatic N) is 2. The predicted octanol–water partition coefficient (Wildman–Crippen LogP) is 4.69. The number of piperidine rings is 1. The van der Waals surface area contributed by atoms with Crippen molar-refractivity contribution in [3.05, 3.63) is 76.3 Å². The van der Waals surface area contributed by atoms with E-state index in [2.05, 4.69) is 24.0 Å². The minimum Gasteiger partial charge on any atom is -0.459 e. The molecule has 2 saturated heterocycles. The zero-order chi connectivity index (χ0) is 30.5. The van der Waals surface area contributed by atoms with Crippen LogP contribution in [0.2, 0.25) is 0 Å². The molecule has 0 spiro atoms. The number of hydrogen-bond donors (Lipinski definition) is 3. The number of amides is 2. The molecule has 2 fully saturated rings. The molecule has 1 aromatic heterocycles. The first-order valence-electron chi connectivity index (χ1n) is 15.9. The second-order valence-electron chi connectivity index (χ2n) is 12.3. The highest BCUT2D eigenvalue weighted by atomic mass is 16.4. The second-order valence-corrected chi connectivity index (χ2v) is 12.3. The van der Waals surface area contributed by atoms with E-state index in [4.69, 9.17) is 4.42 Å². The largest absolute Gasteiger partial charge is 0.459 e. The van der Waals surface area contributed by atoms with Crippen LogP contribution in [0.25, 0.3) is 6.08 Å². The maximum atomic E-state index is 13.9. The molecule has 3 aliphatic rings. The van der Waals surface area contributed by atoms with Gasteiger partial charge in [-0.1, -0.05) is 55.3 Å². The van der Waals surface area contributed by atoms with Crippen molar-refractivity contribution in [2.45, 2.75) is 84.1 Å². The van der Waals surface area contributed by atoms with E-state index in [9.17, 15) is 24.9 Å². The van der Waals surface area contributed by atoms with Crippen molar-refractivity contribution in [3.8, 4) is 0 Å². The Morgan fingerprint density at radius 1 is 1.05 bits per heavy atom. The van der Waals surface area contributed by atoms with Crippen molar-refractivity contribution in [2.24, 2.45) is 17.8 Å². The first-order valence-corrected chi connectivity index (χ1v) is 15.9. The summed E-state index contributed by atoms with van der Waals surface area (Å²) < 4.78 is 5.61. The number of aliphatic hydroxyl groups excluding tert-OH is 3. The topological polar surface area (TPSA) is 114 Å². The smallest absolute Gasteiger partial charge is 0.234 e. The summed E-state index contributed by atoms with van der Waals surface area (Å²) in [6, 6.07) is 13.8. The Morgan fingerprint density at radius 2 is 1.79 bits per heavy atom. The molecule has 5 rings (SSSR count). The van der Waals surface area contributed by atoms with E-state index >= 15 is 0 Å². The zero-order valence-corrected chi connectivity index (χ0v) is 25.5. The summed E-state index contributed by atoms with van der Waals surface area (Å²) in [6.07, 6.45) is 5.61. The number of imide groups is 1. The van der Waals surface area contributed by atoms with Crippen molar-refractivity contribution >= 4 is 17.9 Å². The molecule has 3 heterocycles. The molecule has 232 valence electrons.